The summed E-state index contributed by atoms with van der Waals surface area (Å²) < 4.78 is 45.8. The van der Waals surface area contributed by atoms with Crippen LogP contribution in [0.3, 0.4) is 0 Å². The minimum absolute atomic E-state index is 0.000661. The third kappa shape index (κ3) is 13.9. The number of thioether (sulfide) groups is 1. The number of rotatable bonds is 19. The summed E-state index contributed by atoms with van der Waals surface area (Å²) in [6.07, 6.45) is 0. The van der Waals surface area contributed by atoms with Gasteiger partial charge < -0.3 is 18.9 Å². The van der Waals surface area contributed by atoms with Crippen LogP contribution in [0.25, 0.3) is 0 Å². The van der Waals surface area contributed by atoms with Crippen LogP contribution >= 0.6 is 11.8 Å². The van der Waals surface area contributed by atoms with Crippen LogP contribution in [0.5, 0.6) is 0 Å². The highest BCUT2D eigenvalue weighted by Gasteiger charge is 2.10. The van der Waals surface area contributed by atoms with Gasteiger partial charge in [-0.05, 0) is 11.1 Å². The largest absolute Gasteiger partial charge is 0.378 e. The van der Waals surface area contributed by atoms with Crippen molar-refractivity contribution in [2.45, 2.75) is 12.4 Å². The van der Waals surface area contributed by atoms with Crippen LogP contribution in [0.4, 0.5) is 0 Å². The molecule has 0 unspecified atom stereocenters. The van der Waals surface area contributed by atoms with Crippen molar-refractivity contribution in [3.63, 3.8) is 0 Å². The van der Waals surface area contributed by atoms with E-state index >= 15 is 0 Å². The maximum atomic E-state index is 12.0. The zero-order chi connectivity index (χ0) is 22.7. The van der Waals surface area contributed by atoms with E-state index in [-0.39, 0.29) is 24.7 Å². The summed E-state index contributed by atoms with van der Waals surface area (Å²) in [6.45, 7) is 3.31. The molecule has 0 aliphatic rings. The lowest BCUT2D eigenvalue weighted by Gasteiger charge is -2.08. The monoisotopic (exact) mass is 482 g/mol. The van der Waals surface area contributed by atoms with Crippen molar-refractivity contribution < 1.29 is 27.4 Å². The van der Waals surface area contributed by atoms with Crippen molar-refractivity contribution in [3.05, 3.63) is 71.8 Å². The van der Waals surface area contributed by atoms with E-state index in [9.17, 15) is 8.42 Å². The first-order chi connectivity index (χ1) is 15.7. The Kier molecular flexibility index (Phi) is 14.3. The van der Waals surface area contributed by atoms with Gasteiger partial charge in [0.15, 0.2) is 9.84 Å². The predicted octanol–water partition coefficient (Wildman–Crippen LogP) is 3.60. The normalized spacial score (nSPS) is 11.6. The van der Waals surface area contributed by atoms with Crippen LogP contribution in [0.2, 0.25) is 0 Å². The maximum Gasteiger partial charge on any atom is 0.154 e. The Morgan fingerprint density at radius 2 is 1.09 bits per heavy atom. The molecule has 0 aliphatic heterocycles. The average molecular weight is 483 g/mol. The smallest absolute Gasteiger partial charge is 0.154 e. The van der Waals surface area contributed by atoms with Crippen LogP contribution in [0, 0.1) is 0 Å². The Labute approximate surface area is 196 Å². The van der Waals surface area contributed by atoms with Crippen molar-refractivity contribution in [2.24, 2.45) is 0 Å². The Bertz CT molecular complexity index is 800. The minimum atomic E-state index is -3.18. The molecular formula is C24H34O6S2. The molecule has 0 aromatic heterocycles. The predicted molar refractivity (Wildman–Crippen MR) is 130 cm³/mol. The van der Waals surface area contributed by atoms with Gasteiger partial charge in [0, 0.05) is 11.5 Å². The summed E-state index contributed by atoms with van der Waals surface area (Å²) in [4.78, 5) is 0. The van der Waals surface area contributed by atoms with Crippen molar-refractivity contribution >= 4 is 21.6 Å². The number of ether oxygens (including phenoxy) is 4. The fourth-order valence-electron chi connectivity index (χ4n) is 2.66. The highest BCUT2D eigenvalue weighted by Crippen LogP contribution is 2.11. The molecule has 0 spiro atoms. The Balaban J connectivity index is 1.33. The zero-order valence-corrected chi connectivity index (χ0v) is 20.2. The third-order valence-corrected chi connectivity index (χ3v) is 6.99. The summed E-state index contributed by atoms with van der Waals surface area (Å²) in [5.74, 6) is 1.93. The minimum Gasteiger partial charge on any atom is -0.378 e. The number of hydrogen-bond acceptors (Lipinski definition) is 7. The average Bonchev–Trinajstić information content (AvgIpc) is 2.81. The molecule has 2 rings (SSSR count). The van der Waals surface area contributed by atoms with Gasteiger partial charge in [-0.3, -0.25) is 0 Å². The van der Waals surface area contributed by atoms with E-state index in [1.165, 1.54) is 5.56 Å². The van der Waals surface area contributed by atoms with E-state index in [0.29, 0.717) is 39.6 Å². The number of benzene rings is 2. The molecule has 0 radical (unpaired) electrons. The molecule has 0 aliphatic carbocycles. The second-order valence-corrected chi connectivity index (χ2v) is 10.5. The zero-order valence-electron chi connectivity index (χ0n) is 18.5. The molecule has 8 heteroatoms. The van der Waals surface area contributed by atoms with Crippen molar-refractivity contribution in [3.8, 4) is 0 Å². The van der Waals surface area contributed by atoms with Gasteiger partial charge in [-0.1, -0.05) is 60.7 Å². The molecule has 0 saturated heterocycles. The van der Waals surface area contributed by atoms with Gasteiger partial charge in [-0.25, -0.2) is 8.42 Å². The second kappa shape index (κ2) is 17.1. The maximum absolute atomic E-state index is 12.0. The molecule has 6 nitrogen and oxygen atoms in total. The molecule has 0 heterocycles. The topological polar surface area (TPSA) is 71.1 Å². The summed E-state index contributed by atoms with van der Waals surface area (Å²) >= 11 is 1.85. The molecule has 0 N–H and O–H groups in total. The van der Waals surface area contributed by atoms with E-state index in [1.807, 2.05) is 48.2 Å². The summed E-state index contributed by atoms with van der Waals surface area (Å²) in [5, 5.41) is 0. The molecule has 0 bridgehead atoms. The lowest BCUT2D eigenvalue weighted by Crippen LogP contribution is -2.20. The van der Waals surface area contributed by atoms with E-state index in [4.69, 9.17) is 18.9 Å². The van der Waals surface area contributed by atoms with E-state index in [2.05, 4.69) is 24.3 Å². The highest BCUT2D eigenvalue weighted by atomic mass is 32.2. The SMILES string of the molecule is O=S(=O)(CCOCCOCCOCCSCc1ccccc1)CCOCc1ccccc1. The van der Waals surface area contributed by atoms with Gasteiger partial charge in [0.2, 0.25) is 0 Å². The molecule has 0 amide bonds. The lowest BCUT2D eigenvalue weighted by atomic mass is 10.2. The standard InChI is InChI=1S/C24H34O6S2/c25-32(26,20-17-30-21-23-7-3-1-4-8-23)19-16-29-14-12-27-11-13-28-15-18-31-22-24-9-5-2-6-10-24/h1-10H,11-22H2. The molecular weight excluding hydrogens is 448 g/mol. The van der Waals surface area contributed by atoms with Gasteiger partial charge in [0.1, 0.15) is 0 Å². The molecule has 0 fully saturated rings. The van der Waals surface area contributed by atoms with Gasteiger partial charge in [-0.15, -0.1) is 0 Å². The first kappa shape index (κ1) is 26.8. The number of sulfone groups is 1. The van der Waals surface area contributed by atoms with E-state index in [1.54, 1.807) is 0 Å². The quantitative estimate of drug-likeness (QED) is 0.283. The Morgan fingerprint density at radius 1 is 0.594 bits per heavy atom. The Morgan fingerprint density at radius 3 is 1.72 bits per heavy atom. The lowest BCUT2D eigenvalue weighted by molar-refractivity contribution is 0.0203. The molecule has 2 aromatic rings. The molecule has 0 atom stereocenters. The second-order valence-electron chi connectivity index (χ2n) is 7.07. The molecule has 32 heavy (non-hydrogen) atoms. The molecule has 178 valence electrons. The first-order valence-corrected chi connectivity index (χ1v) is 13.8. The summed E-state index contributed by atoms with van der Waals surface area (Å²) in [7, 11) is -3.18. The van der Waals surface area contributed by atoms with Gasteiger partial charge >= 0.3 is 0 Å². The third-order valence-electron chi connectivity index (χ3n) is 4.42. The summed E-state index contributed by atoms with van der Waals surface area (Å²) in [6, 6.07) is 20.1. The van der Waals surface area contributed by atoms with E-state index in [0.717, 1.165) is 17.1 Å². The Hall–Kier alpha value is -1.42. The van der Waals surface area contributed by atoms with E-state index < -0.39 is 9.84 Å². The fraction of sp³-hybridized carbons (Fsp3) is 0.500. The van der Waals surface area contributed by atoms with Crippen molar-refractivity contribution in [1.29, 1.82) is 0 Å². The van der Waals surface area contributed by atoms with Crippen molar-refractivity contribution in [2.75, 3.05) is 63.5 Å². The first-order valence-electron chi connectivity index (χ1n) is 10.8. The van der Waals surface area contributed by atoms with Gasteiger partial charge in [0.25, 0.3) is 0 Å². The summed E-state index contributed by atoms with van der Waals surface area (Å²) in [5.41, 5.74) is 2.35. The van der Waals surface area contributed by atoms with Crippen LogP contribution in [-0.2, 0) is 41.1 Å². The number of hydrogen-bond donors (Lipinski definition) is 0. The van der Waals surface area contributed by atoms with Crippen molar-refractivity contribution in [1.82, 2.24) is 0 Å². The van der Waals surface area contributed by atoms with Crippen LogP contribution in [-0.4, -0.2) is 71.9 Å². The van der Waals surface area contributed by atoms with Gasteiger partial charge in [-0.2, -0.15) is 11.8 Å². The van der Waals surface area contributed by atoms with Crippen LogP contribution in [0.1, 0.15) is 11.1 Å². The van der Waals surface area contributed by atoms with Crippen LogP contribution in [0.15, 0.2) is 60.7 Å². The highest BCUT2D eigenvalue weighted by molar-refractivity contribution is 7.98. The van der Waals surface area contributed by atoms with Gasteiger partial charge in [0.05, 0.1) is 64.4 Å². The molecule has 2 aromatic carbocycles. The molecule has 0 saturated carbocycles. The van der Waals surface area contributed by atoms with Crippen LogP contribution < -0.4 is 0 Å². The fourth-order valence-corrected chi connectivity index (χ4v) is 4.42.